The van der Waals surface area contributed by atoms with Gasteiger partial charge in [-0.05, 0) is 136 Å². The van der Waals surface area contributed by atoms with Crippen molar-refractivity contribution in [3.05, 3.63) is 142 Å². The number of piperidine rings is 2. The Kier molecular flexibility index (Phi) is 24.7. The maximum atomic E-state index is 13.9. The fourth-order valence-corrected chi connectivity index (χ4v) is 10.9. The Morgan fingerprint density at radius 2 is 1.29 bits per heavy atom. The van der Waals surface area contributed by atoms with Gasteiger partial charge in [0, 0.05) is 57.3 Å². The summed E-state index contributed by atoms with van der Waals surface area (Å²) >= 11 is 2.30. The molecule has 4 aromatic heterocycles. The lowest BCUT2D eigenvalue weighted by atomic mass is 10.1. The van der Waals surface area contributed by atoms with E-state index in [1.807, 2.05) is 11.2 Å². The minimum absolute atomic E-state index is 0.00130. The van der Waals surface area contributed by atoms with Crippen LogP contribution in [0.5, 0.6) is 0 Å². The first-order valence-corrected chi connectivity index (χ1v) is 33.8. The second-order valence-electron chi connectivity index (χ2n) is 17.9. The molecule has 8 aromatic rings. The van der Waals surface area contributed by atoms with Crippen molar-refractivity contribution in [3.8, 4) is 11.6 Å². The first-order valence-electron chi connectivity index (χ1n) is 24.5. The van der Waals surface area contributed by atoms with Crippen molar-refractivity contribution in [1.82, 2.24) is 29.5 Å². The third-order valence-electron chi connectivity index (χ3n) is 11.4. The molecule has 10 rings (SSSR count). The highest BCUT2D eigenvalue weighted by Crippen LogP contribution is 2.27. The van der Waals surface area contributed by atoms with Crippen LogP contribution >= 0.6 is 23.1 Å². The summed E-state index contributed by atoms with van der Waals surface area (Å²) in [7, 11) is -10.6. The Morgan fingerprint density at radius 1 is 0.732 bits per heavy atom. The molecule has 0 bridgehead atoms. The van der Waals surface area contributed by atoms with Gasteiger partial charge in [-0.2, -0.15) is 17.9 Å². The Balaban J connectivity index is 0.000000192. The third-order valence-corrected chi connectivity index (χ3v) is 16.9. The standard InChI is InChI=1S/C13H12N6O5S2.C12H17FN2OS.C7H7F2NOS.C7H6F2OS.C7H6F2S.C5H11N/c1-26(21,22)24-6-4-18-10-8(25-13(18)20)11-15-9(7-3-2-5-23-7)17-19(11)12(14)16-10;1-17(14,16)10-5-6-12(11(13)9-10)15-7-3-2-4-8-15;1-12(10,11)5-2-3-6(8)7(9)4-5;1-11(10)5-2-3-6(8)7(9)4-5;1-10-5-2-3-6(8)7(9)4-5;1-2-4-6-5-3-1/h2-3,5H,4,6H2,1H3,(H2,14,16);5-6,9,14H,2-4,7-8H2,1H3;2-4,10H,1H3;2-4H,1H3;2-4H,1H3;6H,1-5H2. The number of benzene rings is 4. The molecule has 0 radical (unpaired) electrons. The number of nitrogen functional groups attached to an aromatic ring is 1. The summed E-state index contributed by atoms with van der Waals surface area (Å²) in [6.45, 7) is 4.06. The monoisotopic (exact) mass is 1260 g/mol. The number of nitrogens with one attached hydrogen (secondary N) is 3. The number of fused-ring (bicyclic) bond motifs is 3. The van der Waals surface area contributed by atoms with Crippen LogP contribution < -0.4 is 20.8 Å². The van der Waals surface area contributed by atoms with E-state index in [1.54, 1.807) is 30.3 Å². The molecular formula is C51H59F7N10O8S6. The highest BCUT2D eigenvalue weighted by molar-refractivity contribution is 7.98. The van der Waals surface area contributed by atoms with E-state index < -0.39 is 75.3 Å². The van der Waals surface area contributed by atoms with Gasteiger partial charge in [-0.1, -0.05) is 17.8 Å². The Hall–Kier alpha value is -6.22. The number of furan rings is 1. The second kappa shape index (κ2) is 30.4. The summed E-state index contributed by atoms with van der Waals surface area (Å²) in [5.41, 5.74) is 7.17. The molecule has 6 heterocycles. The van der Waals surface area contributed by atoms with E-state index in [0.717, 1.165) is 91.1 Å². The first kappa shape index (κ1) is 66.6. The maximum Gasteiger partial charge on any atom is 0.309 e. The molecule has 3 unspecified atom stereocenters. The predicted octanol–water partition coefficient (Wildman–Crippen LogP) is 10.3. The number of aromatic nitrogens is 5. The van der Waals surface area contributed by atoms with Crippen LogP contribution in [0.3, 0.4) is 0 Å². The SMILES string of the molecule is C1CCNCC1.CS(=N)(=O)c1ccc(F)c(F)c1.CS(=N)(=O)c1ccc(N2CCCCC2)c(F)c1.CS(=O)(=O)OCCn1c(=O)sc2c1nc(N)n1nc(-c3ccco3)nc21.CS(=O)c1ccc(F)c(F)c1.CSc1ccc(F)c(F)c1. The molecule has 31 heteroatoms. The van der Waals surface area contributed by atoms with Crippen LogP contribution in [0.1, 0.15) is 38.5 Å². The molecule has 0 aliphatic carbocycles. The van der Waals surface area contributed by atoms with Gasteiger partial charge in [0.05, 0.1) is 55.7 Å². The van der Waals surface area contributed by atoms with Crippen LogP contribution in [0, 0.1) is 50.3 Å². The number of halogens is 7. The van der Waals surface area contributed by atoms with Crippen LogP contribution in [0.25, 0.3) is 27.6 Å². The largest absolute Gasteiger partial charge is 0.461 e. The zero-order chi connectivity index (χ0) is 60.5. The van der Waals surface area contributed by atoms with E-state index in [0.29, 0.717) is 38.2 Å². The number of anilines is 2. The minimum atomic E-state index is -3.60. The topological polar surface area (TPSA) is 262 Å². The van der Waals surface area contributed by atoms with Crippen LogP contribution in [-0.4, -0.2) is 109 Å². The van der Waals surface area contributed by atoms with Gasteiger partial charge >= 0.3 is 4.87 Å². The summed E-state index contributed by atoms with van der Waals surface area (Å²) in [6.07, 6.45) is 15.7. The summed E-state index contributed by atoms with van der Waals surface area (Å²) in [5.74, 6) is -5.10. The van der Waals surface area contributed by atoms with Gasteiger partial charge in [-0.3, -0.25) is 17.8 Å². The van der Waals surface area contributed by atoms with E-state index in [4.69, 9.17) is 19.7 Å². The molecule has 18 nitrogen and oxygen atoms in total. The molecule has 4 aromatic carbocycles. The third kappa shape index (κ3) is 20.0. The van der Waals surface area contributed by atoms with Gasteiger partial charge in [0.2, 0.25) is 11.8 Å². The molecule has 82 heavy (non-hydrogen) atoms. The molecule has 5 N–H and O–H groups in total. The van der Waals surface area contributed by atoms with Crippen LogP contribution in [-0.2, 0) is 51.1 Å². The molecule has 2 aliphatic heterocycles. The van der Waals surface area contributed by atoms with Crippen LogP contribution in [0.2, 0.25) is 0 Å². The molecule has 3 atom stereocenters. The zero-order valence-electron chi connectivity index (χ0n) is 44.8. The molecule has 2 saturated heterocycles. The van der Waals surface area contributed by atoms with Crippen LogP contribution in [0.4, 0.5) is 42.4 Å². The lowest BCUT2D eigenvalue weighted by Gasteiger charge is -2.29. The Bertz CT molecular complexity index is 3870. The summed E-state index contributed by atoms with van der Waals surface area (Å²) in [4.78, 5) is 23.9. The van der Waals surface area contributed by atoms with Crippen molar-refractivity contribution < 1.29 is 60.4 Å². The number of thiazole rings is 1. The minimum Gasteiger partial charge on any atom is -0.461 e. The van der Waals surface area contributed by atoms with Gasteiger partial charge in [-0.15, -0.1) is 16.9 Å². The Morgan fingerprint density at radius 3 is 1.78 bits per heavy atom. The number of hydrogen-bond acceptors (Lipinski definition) is 18. The van der Waals surface area contributed by atoms with Crippen molar-refractivity contribution in [3.63, 3.8) is 0 Å². The summed E-state index contributed by atoms with van der Waals surface area (Å²) in [6, 6.07) is 17.7. The summed E-state index contributed by atoms with van der Waals surface area (Å²) in [5, 5.41) is 7.54. The average Bonchev–Trinajstić information content (AvgIpc) is 2.62. The first-order chi connectivity index (χ1) is 38.6. The molecule has 0 spiro atoms. The van der Waals surface area contributed by atoms with Crippen molar-refractivity contribution in [2.24, 2.45) is 0 Å². The van der Waals surface area contributed by atoms with Crippen LogP contribution in [0.15, 0.2) is 120 Å². The van der Waals surface area contributed by atoms with Gasteiger partial charge in [0.15, 0.2) is 52.0 Å². The van der Waals surface area contributed by atoms with Gasteiger partial charge in [0.25, 0.3) is 10.1 Å². The second-order valence-corrected chi connectivity index (χ2v) is 27.0. The highest BCUT2D eigenvalue weighted by atomic mass is 32.2. The van der Waals surface area contributed by atoms with E-state index in [-0.39, 0.29) is 39.6 Å². The van der Waals surface area contributed by atoms with Crippen molar-refractivity contribution in [2.75, 3.05) is 74.7 Å². The van der Waals surface area contributed by atoms with E-state index in [1.165, 1.54) is 96.6 Å². The molecule has 2 fully saturated rings. The number of nitrogens with two attached hydrogens (primary N) is 1. The van der Waals surface area contributed by atoms with Crippen molar-refractivity contribution in [1.29, 1.82) is 9.56 Å². The maximum absolute atomic E-state index is 13.9. The quantitative estimate of drug-likeness (QED) is 0.0564. The van der Waals surface area contributed by atoms with E-state index in [9.17, 15) is 56.6 Å². The van der Waals surface area contributed by atoms with Gasteiger partial charge < -0.3 is 20.4 Å². The average molecular weight is 1270 g/mol. The molecule has 446 valence electrons. The number of thioether (sulfide) groups is 1. The molecule has 0 amide bonds. The summed E-state index contributed by atoms with van der Waals surface area (Å²) < 4.78 is 171. The van der Waals surface area contributed by atoms with Gasteiger partial charge in [0.1, 0.15) is 10.5 Å². The van der Waals surface area contributed by atoms with E-state index in [2.05, 4.69) is 24.6 Å². The smallest absolute Gasteiger partial charge is 0.309 e. The number of rotatable bonds is 10. The fraction of sp³-hybridized carbons (Fsp3) is 0.333. The fourth-order valence-electron chi connectivity index (χ4n) is 7.32. The highest BCUT2D eigenvalue weighted by Gasteiger charge is 2.21. The van der Waals surface area contributed by atoms with Crippen molar-refractivity contribution in [2.45, 2.75) is 64.7 Å². The normalized spacial score (nSPS) is 15.0. The Labute approximate surface area is 480 Å². The zero-order valence-corrected chi connectivity index (χ0v) is 49.7. The van der Waals surface area contributed by atoms with Crippen molar-refractivity contribution >= 4 is 91.1 Å². The molecule has 2 aliphatic rings. The molecular weight excluding hydrogens is 1210 g/mol. The predicted molar refractivity (Wildman–Crippen MR) is 306 cm³/mol. The number of hydrogen-bond donors (Lipinski definition) is 4. The lowest BCUT2D eigenvalue weighted by molar-refractivity contribution is 0.304. The van der Waals surface area contributed by atoms with Gasteiger partial charge in [-0.25, -0.2) is 53.7 Å². The molecule has 0 saturated carbocycles. The lowest BCUT2D eigenvalue weighted by Crippen LogP contribution is -2.30. The number of nitrogens with zero attached hydrogens (tertiary/aromatic N) is 6. The van der Waals surface area contributed by atoms with E-state index >= 15 is 0 Å².